The molecule has 0 unspecified atom stereocenters. The summed E-state index contributed by atoms with van der Waals surface area (Å²) in [5.74, 6) is -0.122. The second-order valence-corrected chi connectivity index (χ2v) is 4.53. The van der Waals surface area contributed by atoms with Crippen molar-refractivity contribution in [3.8, 4) is 17.6 Å². The van der Waals surface area contributed by atoms with E-state index in [4.69, 9.17) is 10.00 Å². The van der Waals surface area contributed by atoms with Crippen molar-refractivity contribution in [2.75, 3.05) is 20.2 Å². The van der Waals surface area contributed by atoms with Gasteiger partial charge in [-0.1, -0.05) is 0 Å². The summed E-state index contributed by atoms with van der Waals surface area (Å²) in [6.45, 7) is 1.41. The minimum Gasteiger partial charge on any atom is -0.504 e. The van der Waals surface area contributed by atoms with Gasteiger partial charge in [0.2, 0.25) is 0 Å². The van der Waals surface area contributed by atoms with Crippen LogP contribution < -0.4 is 4.74 Å². The number of phenolic OH excluding ortho intramolecular Hbond substituents is 1. The topological polar surface area (TPSA) is 73.6 Å². The number of methoxy groups -OCH3 is 1. The molecule has 1 aliphatic heterocycles. The average molecular weight is 260 g/mol. The van der Waals surface area contributed by atoms with Crippen LogP contribution in [0.5, 0.6) is 11.5 Å². The first-order chi connectivity index (χ1) is 9.17. The maximum absolute atomic E-state index is 12.4. The molecule has 1 saturated heterocycles. The molecule has 100 valence electrons. The Bertz CT molecular complexity index is 528. The van der Waals surface area contributed by atoms with Crippen molar-refractivity contribution >= 4 is 5.91 Å². The zero-order valence-corrected chi connectivity index (χ0v) is 10.8. The molecule has 19 heavy (non-hydrogen) atoms. The van der Waals surface area contributed by atoms with Crippen molar-refractivity contribution in [3.05, 3.63) is 23.3 Å². The SMILES string of the molecule is COc1cc(C#N)c(C(=O)N2CCCCC2)cc1O. The molecular weight excluding hydrogens is 244 g/mol. The van der Waals surface area contributed by atoms with Crippen molar-refractivity contribution in [2.24, 2.45) is 0 Å². The van der Waals surface area contributed by atoms with Gasteiger partial charge < -0.3 is 14.7 Å². The summed E-state index contributed by atoms with van der Waals surface area (Å²) in [6.07, 6.45) is 3.09. The molecule has 0 aliphatic carbocycles. The number of ether oxygens (including phenoxy) is 1. The number of carbonyl (C=O) groups excluding carboxylic acids is 1. The molecule has 1 fully saturated rings. The summed E-state index contributed by atoms with van der Waals surface area (Å²) in [6, 6.07) is 4.69. The van der Waals surface area contributed by atoms with Crippen LogP contribution in [0.4, 0.5) is 0 Å². The first-order valence-electron chi connectivity index (χ1n) is 6.27. The number of rotatable bonds is 2. The average Bonchev–Trinajstić information content (AvgIpc) is 2.47. The fourth-order valence-electron chi connectivity index (χ4n) is 2.27. The lowest BCUT2D eigenvalue weighted by Crippen LogP contribution is -2.36. The van der Waals surface area contributed by atoms with Crippen LogP contribution in [0.2, 0.25) is 0 Å². The summed E-state index contributed by atoms with van der Waals surface area (Å²) in [7, 11) is 1.41. The molecule has 0 radical (unpaired) electrons. The van der Waals surface area contributed by atoms with Gasteiger partial charge in [-0.2, -0.15) is 5.26 Å². The normalized spacial score (nSPS) is 14.8. The molecule has 1 amide bonds. The molecule has 1 aromatic carbocycles. The van der Waals surface area contributed by atoms with Gasteiger partial charge in [0, 0.05) is 19.2 Å². The van der Waals surface area contributed by atoms with E-state index in [-0.39, 0.29) is 28.5 Å². The minimum absolute atomic E-state index is 0.123. The third kappa shape index (κ3) is 2.63. The van der Waals surface area contributed by atoms with Crippen LogP contribution >= 0.6 is 0 Å². The van der Waals surface area contributed by atoms with E-state index in [9.17, 15) is 9.90 Å². The van der Waals surface area contributed by atoms with E-state index in [1.165, 1.54) is 19.2 Å². The highest BCUT2D eigenvalue weighted by molar-refractivity contribution is 5.97. The largest absolute Gasteiger partial charge is 0.504 e. The quantitative estimate of drug-likeness (QED) is 0.881. The molecule has 2 rings (SSSR count). The number of nitrogens with zero attached hydrogens (tertiary/aromatic N) is 2. The molecule has 1 heterocycles. The van der Waals surface area contributed by atoms with Crippen LogP contribution in [-0.4, -0.2) is 36.1 Å². The van der Waals surface area contributed by atoms with Gasteiger partial charge in [-0.25, -0.2) is 0 Å². The molecule has 1 N–H and O–H groups in total. The number of benzene rings is 1. The number of likely N-dealkylation sites (tertiary alicyclic amines) is 1. The summed E-state index contributed by atoms with van der Waals surface area (Å²) < 4.78 is 4.94. The summed E-state index contributed by atoms with van der Waals surface area (Å²) in [4.78, 5) is 14.1. The predicted octanol–water partition coefficient (Wildman–Crippen LogP) is 1.90. The van der Waals surface area contributed by atoms with Crippen LogP contribution in [0.3, 0.4) is 0 Å². The number of carbonyl (C=O) groups is 1. The summed E-state index contributed by atoms with van der Waals surface area (Å²) in [5, 5.41) is 18.9. The van der Waals surface area contributed by atoms with Crippen molar-refractivity contribution in [2.45, 2.75) is 19.3 Å². The van der Waals surface area contributed by atoms with Crippen molar-refractivity contribution in [1.82, 2.24) is 4.90 Å². The van der Waals surface area contributed by atoms with Crippen LogP contribution in [0.25, 0.3) is 0 Å². The Kier molecular flexibility index (Phi) is 3.91. The number of phenols is 1. The van der Waals surface area contributed by atoms with Crippen molar-refractivity contribution in [3.63, 3.8) is 0 Å². The molecule has 5 heteroatoms. The standard InChI is InChI=1S/C14H16N2O3/c1-19-13-7-10(9-15)11(8-12(13)17)14(18)16-5-3-2-4-6-16/h7-8,17H,2-6H2,1H3. The second-order valence-electron chi connectivity index (χ2n) is 4.53. The van der Waals surface area contributed by atoms with Gasteiger partial charge in [0.15, 0.2) is 11.5 Å². The van der Waals surface area contributed by atoms with Gasteiger partial charge >= 0.3 is 0 Å². The predicted molar refractivity (Wildman–Crippen MR) is 69.1 cm³/mol. The second kappa shape index (κ2) is 5.61. The first kappa shape index (κ1) is 13.2. The molecule has 1 aromatic rings. The fourth-order valence-corrected chi connectivity index (χ4v) is 2.27. The zero-order valence-electron chi connectivity index (χ0n) is 10.8. The highest BCUT2D eigenvalue weighted by Gasteiger charge is 2.22. The number of amides is 1. The molecule has 0 bridgehead atoms. The van der Waals surface area contributed by atoms with E-state index in [1.807, 2.05) is 6.07 Å². The van der Waals surface area contributed by atoms with Gasteiger partial charge in [-0.05, 0) is 25.3 Å². The molecule has 0 spiro atoms. The van der Waals surface area contributed by atoms with Crippen LogP contribution in [0, 0.1) is 11.3 Å². The first-order valence-corrected chi connectivity index (χ1v) is 6.27. The summed E-state index contributed by atoms with van der Waals surface area (Å²) >= 11 is 0. The lowest BCUT2D eigenvalue weighted by molar-refractivity contribution is 0.0723. The Labute approximate surface area is 112 Å². The Morgan fingerprint density at radius 3 is 2.63 bits per heavy atom. The minimum atomic E-state index is -0.200. The molecule has 0 saturated carbocycles. The van der Waals surface area contributed by atoms with E-state index < -0.39 is 0 Å². The van der Waals surface area contributed by atoms with Gasteiger partial charge in [-0.3, -0.25) is 4.79 Å². The van der Waals surface area contributed by atoms with Gasteiger partial charge in [-0.15, -0.1) is 0 Å². The van der Waals surface area contributed by atoms with Gasteiger partial charge in [0.05, 0.1) is 18.2 Å². The van der Waals surface area contributed by atoms with E-state index in [2.05, 4.69) is 0 Å². The Hall–Kier alpha value is -2.22. The Balaban J connectivity index is 2.35. The Morgan fingerprint density at radius 1 is 1.37 bits per heavy atom. The fraction of sp³-hybridized carbons (Fsp3) is 0.429. The monoisotopic (exact) mass is 260 g/mol. The smallest absolute Gasteiger partial charge is 0.255 e. The molecular formula is C14H16N2O3. The molecule has 0 atom stereocenters. The Morgan fingerprint density at radius 2 is 2.05 bits per heavy atom. The highest BCUT2D eigenvalue weighted by atomic mass is 16.5. The maximum Gasteiger partial charge on any atom is 0.255 e. The van der Waals surface area contributed by atoms with E-state index in [0.29, 0.717) is 13.1 Å². The molecule has 0 aromatic heterocycles. The van der Waals surface area contributed by atoms with E-state index >= 15 is 0 Å². The van der Waals surface area contributed by atoms with Gasteiger partial charge in [0.1, 0.15) is 6.07 Å². The van der Waals surface area contributed by atoms with Crippen LogP contribution in [0.15, 0.2) is 12.1 Å². The third-order valence-corrected chi connectivity index (χ3v) is 3.31. The van der Waals surface area contributed by atoms with Crippen LogP contribution in [-0.2, 0) is 0 Å². The number of nitriles is 1. The zero-order chi connectivity index (χ0) is 13.8. The van der Waals surface area contributed by atoms with E-state index in [0.717, 1.165) is 19.3 Å². The number of piperidine rings is 1. The summed E-state index contributed by atoms with van der Waals surface area (Å²) in [5.41, 5.74) is 0.466. The van der Waals surface area contributed by atoms with Crippen LogP contribution in [0.1, 0.15) is 35.2 Å². The number of hydrogen-bond acceptors (Lipinski definition) is 4. The highest BCUT2D eigenvalue weighted by Crippen LogP contribution is 2.30. The lowest BCUT2D eigenvalue weighted by atomic mass is 10.0. The number of aromatic hydroxyl groups is 1. The third-order valence-electron chi connectivity index (χ3n) is 3.31. The van der Waals surface area contributed by atoms with Crippen molar-refractivity contribution < 1.29 is 14.6 Å². The molecule has 1 aliphatic rings. The van der Waals surface area contributed by atoms with Crippen molar-refractivity contribution in [1.29, 1.82) is 5.26 Å². The number of hydrogen-bond donors (Lipinski definition) is 1. The maximum atomic E-state index is 12.4. The van der Waals surface area contributed by atoms with Gasteiger partial charge in [0.25, 0.3) is 5.91 Å². The molecule has 5 nitrogen and oxygen atoms in total. The lowest BCUT2D eigenvalue weighted by Gasteiger charge is -2.27. The van der Waals surface area contributed by atoms with E-state index in [1.54, 1.807) is 4.90 Å².